The summed E-state index contributed by atoms with van der Waals surface area (Å²) in [7, 11) is 1.51. The Balaban J connectivity index is 1.56. The number of aromatic amines is 1. The van der Waals surface area contributed by atoms with Gasteiger partial charge in [0.15, 0.2) is 0 Å². The molecule has 4 aromatic carbocycles. The zero-order chi connectivity index (χ0) is 25.9. The molecule has 2 N–H and O–H groups in total. The summed E-state index contributed by atoms with van der Waals surface area (Å²) in [5.41, 5.74) is 3.79. The van der Waals surface area contributed by atoms with E-state index in [1.807, 2.05) is 31.2 Å². The number of carbonyl (C=O) groups is 1. The van der Waals surface area contributed by atoms with Gasteiger partial charge >= 0.3 is 0 Å². The number of nitrogens with one attached hydrogen (secondary N) is 2. The minimum Gasteiger partial charge on any atom is -0.496 e. The second-order valence-electron chi connectivity index (χ2n) is 8.50. The molecule has 0 bridgehead atoms. The fraction of sp³-hybridized carbons (Fsp3) is 0.0667. The van der Waals surface area contributed by atoms with E-state index in [9.17, 15) is 14.0 Å². The molecule has 0 aliphatic carbocycles. The van der Waals surface area contributed by atoms with Crippen LogP contribution in [0.2, 0.25) is 0 Å². The molecule has 7 heteroatoms. The number of anilines is 1. The molecule has 1 amide bonds. The molecule has 0 unspecified atom stereocenters. The first-order valence-electron chi connectivity index (χ1n) is 11.7. The van der Waals surface area contributed by atoms with E-state index in [2.05, 4.69) is 10.4 Å². The van der Waals surface area contributed by atoms with Gasteiger partial charge in [0.05, 0.1) is 29.6 Å². The summed E-state index contributed by atoms with van der Waals surface area (Å²) in [6, 6.07) is 27.6. The van der Waals surface area contributed by atoms with Crippen molar-refractivity contribution in [3.63, 3.8) is 0 Å². The fourth-order valence-corrected chi connectivity index (χ4v) is 4.30. The van der Waals surface area contributed by atoms with Crippen molar-refractivity contribution in [1.82, 2.24) is 9.78 Å². The van der Waals surface area contributed by atoms with E-state index in [-0.39, 0.29) is 17.0 Å². The zero-order valence-electron chi connectivity index (χ0n) is 20.3. The number of nitrogens with zero attached hydrogens (tertiary/aromatic N) is 1. The Kier molecular flexibility index (Phi) is 6.43. The number of halogens is 1. The number of aryl methyl sites for hydroxylation is 1. The van der Waals surface area contributed by atoms with Gasteiger partial charge in [-0.1, -0.05) is 54.6 Å². The van der Waals surface area contributed by atoms with E-state index in [1.165, 1.54) is 17.9 Å². The third kappa shape index (κ3) is 4.54. The van der Waals surface area contributed by atoms with Gasteiger partial charge in [0.2, 0.25) is 0 Å². The highest BCUT2D eigenvalue weighted by Crippen LogP contribution is 2.32. The molecule has 0 aliphatic rings. The summed E-state index contributed by atoms with van der Waals surface area (Å²) >= 11 is 0. The van der Waals surface area contributed by atoms with Crippen LogP contribution >= 0.6 is 0 Å². The summed E-state index contributed by atoms with van der Waals surface area (Å²) in [4.78, 5) is 26.5. The summed E-state index contributed by atoms with van der Waals surface area (Å²) < 4.78 is 21.5. The van der Waals surface area contributed by atoms with Crippen LogP contribution in [-0.2, 0) is 0 Å². The van der Waals surface area contributed by atoms with E-state index >= 15 is 0 Å². The van der Waals surface area contributed by atoms with Gasteiger partial charge in [0.1, 0.15) is 11.6 Å². The van der Waals surface area contributed by atoms with Crippen LogP contribution in [0.5, 0.6) is 5.75 Å². The number of aromatic nitrogens is 2. The molecule has 184 valence electrons. The first-order chi connectivity index (χ1) is 18.0. The number of rotatable bonds is 6. The summed E-state index contributed by atoms with van der Waals surface area (Å²) in [5, 5.41) is 5.97. The minimum absolute atomic E-state index is 0.287. The normalized spacial score (nSPS) is 10.8. The third-order valence-electron chi connectivity index (χ3n) is 6.17. The Hall–Kier alpha value is -4.91. The Morgan fingerprint density at radius 1 is 0.892 bits per heavy atom. The maximum atomic E-state index is 14.8. The predicted octanol–water partition coefficient (Wildman–Crippen LogP) is 6.21. The number of carbonyl (C=O) groups excluding carboxylic acids is 1. The molecule has 1 aromatic heterocycles. The molecule has 0 fully saturated rings. The van der Waals surface area contributed by atoms with E-state index < -0.39 is 5.82 Å². The predicted molar refractivity (Wildman–Crippen MR) is 143 cm³/mol. The van der Waals surface area contributed by atoms with Gasteiger partial charge in [-0.3, -0.25) is 14.7 Å². The van der Waals surface area contributed by atoms with E-state index in [4.69, 9.17) is 4.74 Å². The number of methoxy groups -OCH3 is 1. The van der Waals surface area contributed by atoms with Gasteiger partial charge in [-0.2, -0.15) is 0 Å². The van der Waals surface area contributed by atoms with Crippen molar-refractivity contribution in [2.45, 2.75) is 6.92 Å². The quantitative estimate of drug-likeness (QED) is 0.295. The van der Waals surface area contributed by atoms with Crippen LogP contribution in [0.1, 0.15) is 15.9 Å². The lowest BCUT2D eigenvalue weighted by atomic mass is 10.0. The van der Waals surface area contributed by atoms with Gasteiger partial charge in [0.25, 0.3) is 11.5 Å². The number of ether oxygens (including phenoxy) is 1. The summed E-state index contributed by atoms with van der Waals surface area (Å²) in [6.07, 6.45) is 0. The molecule has 1 heterocycles. The summed E-state index contributed by atoms with van der Waals surface area (Å²) in [5.74, 6) is -0.293. The molecule has 37 heavy (non-hydrogen) atoms. The first-order valence-corrected chi connectivity index (χ1v) is 11.7. The SMILES string of the molecule is COc1ccccc1C(=O)Nc1ccc(-c2c(-c3ccccc3F)[nH]n(-c3ccccc3C)c2=O)cc1. The maximum Gasteiger partial charge on any atom is 0.279 e. The lowest BCUT2D eigenvalue weighted by molar-refractivity contribution is 0.102. The Bertz CT molecular complexity index is 1650. The van der Waals surface area contributed by atoms with Gasteiger partial charge in [-0.15, -0.1) is 0 Å². The van der Waals surface area contributed by atoms with Gasteiger partial charge in [0, 0.05) is 11.3 Å². The lowest BCUT2D eigenvalue weighted by Gasteiger charge is -2.10. The monoisotopic (exact) mass is 493 g/mol. The maximum absolute atomic E-state index is 14.8. The van der Waals surface area contributed by atoms with Crippen LogP contribution in [0.25, 0.3) is 28.1 Å². The highest BCUT2D eigenvalue weighted by atomic mass is 19.1. The number of para-hydroxylation sites is 2. The van der Waals surface area contributed by atoms with Crippen molar-refractivity contribution in [2.75, 3.05) is 12.4 Å². The lowest BCUT2D eigenvalue weighted by Crippen LogP contribution is -2.16. The van der Waals surface area contributed by atoms with E-state index in [0.29, 0.717) is 39.5 Å². The average molecular weight is 494 g/mol. The van der Waals surface area contributed by atoms with Crippen LogP contribution in [0.4, 0.5) is 10.1 Å². The Morgan fingerprint density at radius 2 is 1.57 bits per heavy atom. The van der Waals surface area contributed by atoms with Gasteiger partial charge in [-0.25, -0.2) is 9.07 Å². The van der Waals surface area contributed by atoms with Crippen molar-refractivity contribution in [3.8, 4) is 33.8 Å². The van der Waals surface area contributed by atoms with Gasteiger partial charge in [-0.05, 0) is 60.5 Å². The van der Waals surface area contributed by atoms with Crippen LogP contribution in [0.3, 0.4) is 0 Å². The average Bonchev–Trinajstić information content (AvgIpc) is 3.26. The molecule has 0 aliphatic heterocycles. The largest absolute Gasteiger partial charge is 0.496 e. The second kappa shape index (κ2) is 9.99. The standard InChI is InChI=1S/C30H24FN3O3/c1-19-9-3-7-13-25(19)34-30(36)27(28(33-34)22-10-4-6-12-24(22)31)20-15-17-21(18-16-20)32-29(35)23-11-5-8-14-26(23)37-2/h3-18,33H,1-2H3,(H,32,35). The number of hydrogen-bond acceptors (Lipinski definition) is 3. The first kappa shape index (κ1) is 23.8. The van der Waals surface area contributed by atoms with Crippen molar-refractivity contribution in [2.24, 2.45) is 0 Å². The molecule has 5 aromatic rings. The molecule has 6 nitrogen and oxygen atoms in total. The number of benzene rings is 4. The third-order valence-corrected chi connectivity index (χ3v) is 6.17. The van der Waals surface area contributed by atoms with Crippen LogP contribution < -0.4 is 15.6 Å². The van der Waals surface area contributed by atoms with Crippen LogP contribution in [0.15, 0.2) is 102 Å². The van der Waals surface area contributed by atoms with Crippen molar-refractivity contribution >= 4 is 11.6 Å². The number of amides is 1. The minimum atomic E-state index is -0.442. The van der Waals surface area contributed by atoms with Crippen LogP contribution in [-0.4, -0.2) is 22.8 Å². The topological polar surface area (TPSA) is 76.1 Å². The van der Waals surface area contributed by atoms with Crippen molar-refractivity contribution < 1.29 is 13.9 Å². The molecular formula is C30H24FN3O3. The molecule has 5 rings (SSSR count). The van der Waals surface area contributed by atoms with Crippen LogP contribution in [0, 0.1) is 12.7 Å². The Labute approximate surface area is 213 Å². The molecule has 0 saturated heterocycles. The van der Waals surface area contributed by atoms with Crippen molar-refractivity contribution in [3.05, 3.63) is 124 Å². The smallest absolute Gasteiger partial charge is 0.279 e. The Morgan fingerprint density at radius 3 is 2.30 bits per heavy atom. The number of hydrogen-bond donors (Lipinski definition) is 2. The highest BCUT2D eigenvalue weighted by Gasteiger charge is 2.21. The van der Waals surface area contributed by atoms with Gasteiger partial charge < -0.3 is 10.1 Å². The molecule has 0 spiro atoms. The van der Waals surface area contributed by atoms with Crippen molar-refractivity contribution in [1.29, 1.82) is 0 Å². The molecular weight excluding hydrogens is 469 g/mol. The second-order valence-corrected chi connectivity index (χ2v) is 8.50. The number of H-pyrrole nitrogens is 1. The summed E-state index contributed by atoms with van der Waals surface area (Å²) in [6.45, 7) is 1.91. The van der Waals surface area contributed by atoms with E-state index in [0.717, 1.165) is 5.56 Å². The zero-order valence-corrected chi connectivity index (χ0v) is 20.3. The molecule has 0 radical (unpaired) electrons. The molecule has 0 saturated carbocycles. The molecule has 0 atom stereocenters. The fourth-order valence-electron chi connectivity index (χ4n) is 4.30. The highest BCUT2D eigenvalue weighted by molar-refractivity contribution is 6.06. The van der Waals surface area contributed by atoms with E-state index in [1.54, 1.807) is 66.7 Å².